The van der Waals surface area contributed by atoms with Crippen LogP contribution in [0.1, 0.15) is 18.1 Å². The van der Waals surface area contributed by atoms with Crippen LogP contribution >= 0.6 is 0 Å². The molecule has 0 saturated heterocycles. The first kappa shape index (κ1) is 14.4. The fourth-order valence-electron chi connectivity index (χ4n) is 3.00. The summed E-state index contributed by atoms with van der Waals surface area (Å²) in [5.74, 6) is 1.28. The van der Waals surface area contributed by atoms with Crippen molar-refractivity contribution < 1.29 is 14.3 Å². The maximum atomic E-state index is 12.7. The maximum absolute atomic E-state index is 12.7. The topological polar surface area (TPSA) is 74.6 Å². The summed E-state index contributed by atoms with van der Waals surface area (Å²) < 4.78 is 10.8. The summed E-state index contributed by atoms with van der Waals surface area (Å²) in [7, 11) is 0. The fourth-order valence-corrected chi connectivity index (χ4v) is 3.00. The number of carbonyl (C=O) groups excluding carboxylic acids is 1. The minimum atomic E-state index is -0.336. The summed E-state index contributed by atoms with van der Waals surface area (Å²) in [5.41, 5.74) is 3.07. The van der Waals surface area contributed by atoms with Gasteiger partial charge in [0, 0.05) is 12.1 Å². The van der Waals surface area contributed by atoms with Crippen LogP contribution in [0.3, 0.4) is 0 Å². The molecule has 1 N–H and O–H groups in total. The van der Waals surface area contributed by atoms with Crippen molar-refractivity contribution in [1.29, 1.82) is 5.26 Å². The van der Waals surface area contributed by atoms with Gasteiger partial charge in [-0.3, -0.25) is 4.79 Å². The third kappa shape index (κ3) is 2.31. The number of nitriles is 1. The van der Waals surface area contributed by atoms with E-state index >= 15 is 0 Å². The smallest absolute Gasteiger partial charge is 0.249 e. The summed E-state index contributed by atoms with van der Waals surface area (Å²) in [6.07, 6.45) is 0. The average Bonchev–Trinajstić information content (AvgIpc) is 3.05. The van der Waals surface area contributed by atoms with Crippen molar-refractivity contribution in [3.05, 3.63) is 47.5 Å². The minimum Gasteiger partial charge on any atom is -0.454 e. The monoisotopic (exact) mass is 321 g/mol. The molecule has 6 heteroatoms. The number of rotatable bonds is 2. The lowest BCUT2D eigenvalue weighted by atomic mass is 10.1. The molecule has 2 aliphatic rings. The van der Waals surface area contributed by atoms with Gasteiger partial charge in [0.05, 0.1) is 29.6 Å². The summed E-state index contributed by atoms with van der Waals surface area (Å²) in [5, 5.41) is 12.3. The van der Waals surface area contributed by atoms with Gasteiger partial charge in [-0.15, -0.1) is 0 Å². The number of ether oxygens (including phenoxy) is 2. The lowest BCUT2D eigenvalue weighted by Crippen LogP contribution is -2.45. The van der Waals surface area contributed by atoms with Crippen molar-refractivity contribution in [3.8, 4) is 17.6 Å². The van der Waals surface area contributed by atoms with Gasteiger partial charge in [-0.1, -0.05) is 12.1 Å². The Morgan fingerprint density at radius 3 is 2.88 bits per heavy atom. The van der Waals surface area contributed by atoms with Crippen LogP contribution in [0.15, 0.2) is 36.4 Å². The molecule has 6 nitrogen and oxygen atoms in total. The van der Waals surface area contributed by atoms with Crippen LogP contribution in [0.5, 0.6) is 11.5 Å². The average molecular weight is 321 g/mol. The number of hydrogen-bond donors (Lipinski definition) is 1. The highest BCUT2D eigenvalue weighted by molar-refractivity contribution is 6.05. The van der Waals surface area contributed by atoms with E-state index in [0.29, 0.717) is 23.6 Å². The Kier molecular flexibility index (Phi) is 3.28. The van der Waals surface area contributed by atoms with Crippen molar-refractivity contribution in [2.75, 3.05) is 17.0 Å². The number of hydrogen-bond acceptors (Lipinski definition) is 5. The Bertz CT molecular complexity index is 872. The molecule has 0 aromatic heterocycles. The van der Waals surface area contributed by atoms with E-state index in [1.165, 1.54) is 0 Å². The third-order valence-electron chi connectivity index (χ3n) is 4.19. The largest absolute Gasteiger partial charge is 0.454 e. The molecule has 2 aromatic carbocycles. The molecule has 1 amide bonds. The van der Waals surface area contributed by atoms with E-state index in [4.69, 9.17) is 14.7 Å². The van der Waals surface area contributed by atoms with E-state index in [1.807, 2.05) is 31.2 Å². The van der Waals surface area contributed by atoms with E-state index < -0.39 is 0 Å². The molecule has 0 radical (unpaired) electrons. The molecule has 0 aliphatic carbocycles. The highest BCUT2D eigenvalue weighted by Gasteiger charge is 2.32. The number of anilines is 2. The van der Waals surface area contributed by atoms with Gasteiger partial charge >= 0.3 is 0 Å². The van der Waals surface area contributed by atoms with Crippen molar-refractivity contribution >= 4 is 17.3 Å². The molecule has 1 atom stereocenters. The van der Waals surface area contributed by atoms with E-state index in [1.54, 1.807) is 17.0 Å². The van der Waals surface area contributed by atoms with Crippen molar-refractivity contribution in [1.82, 2.24) is 0 Å². The Balaban J connectivity index is 1.74. The van der Waals surface area contributed by atoms with Gasteiger partial charge < -0.3 is 19.7 Å². The highest BCUT2D eigenvalue weighted by atomic mass is 16.7. The summed E-state index contributed by atoms with van der Waals surface area (Å²) in [6.45, 7) is 2.41. The summed E-state index contributed by atoms with van der Waals surface area (Å²) in [4.78, 5) is 14.4. The Morgan fingerprint density at radius 2 is 2.08 bits per heavy atom. The third-order valence-corrected chi connectivity index (χ3v) is 4.19. The first-order chi connectivity index (χ1) is 11.7. The van der Waals surface area contributed by atoms with Gasteiger partial charge in [0.25, 0.3) is 0 Å². The number of carbonyl (C=O) groups is 1. The molecule has 0 fully saturated rings. The standard InChI is InChI=1S/C18H15N3O3/c1-11-18(22)21(9-13-4-2-3-12(5-13)8-19)15-7-17-16(23-10-24-17)6-14(15)20-11/h2-7,11,20H,9-10H2,1H3. The van der Waals surface area contributed by atoms with Crippen molar-refractivity contribution in [2.24, 2.45) is 0 Å². The van der Waals surface area contributed by atoms with Crippen LogP contribution in [0, 0.1) is 11.3 Å². The second kappa shape index (κ2) is 5.46. The van der Waals surface area contributed by atoms with Crippen LogP contribution in [0.2, 0.25) is 0 Å². The quantitative estimate of drug-likeness (QED) is 0.920. The van der Waals surface area contributed by atoms with Crippen LogP contribution in [-0.4, -0.2) is 18.7 Å². The predicted octanol–water partition coefficient (Wildman–Crippen LogP) is 2.63. The molecule has 1 unspecified atom stereocenters. The SMILES string of the molecule is CC1Nc2cc3c(cc2N(Cc2cccc(C#N)c2)C1=O)OCO3. The molecule has 0 bridgehead atoms. The van der Waals surface area contributed by atoms with Gasteiger partial charge in [0.15, 0.2) is 11.5 Å². The van der Waals surface area contributed by atoms with E-state index in [-0.39, 0.29) is 18.7 Å². The molecular formula is C18H15N3O3. The van der Waals surface area contributed by atoms with Crippen molar-refractivity contribution in [3.63, 3.8) is 0 Å². The fraction of sp³-hybridized carbons (Fsp3) is 0.222. The minimum absolute atomic E-state index is 0.0243. The molecule has 0 saturated carbocycles. The normalized spacial score (nSPS) is 17.9. The molecule has 0 spiro atoms. The van der Waals surface area contributed by atoms with Crippen molar-refractivity contribution in [2.45, 2.75) is 19.5 Å². The molecule has 2 aromatic rings. The lowest BCUT2D eigenvalue weighted by molar-refractivity contribution is -0.119. The number of nitrogens with one attached hydrogen (secondary N) is 1. The van der Waals surface area contributed by atoms with Gasteiger partial charge in [-0.05, 0) is 24.6 Å². The zero-order valence-corrected chi connectivity index (χ0v) is 13.1. The molecule has 24 heavy (non-hydrogen) atoms. The molecule has 4 rings (SSSR count). The first-order valence-electron chi connectivity index (χ1n) is 7.66. The van der Waals surface area contributed by atoms with Crippen LogP contribution in [-0.2, 0) is 11.3 Å². The molecular weight excluding hydrogens is 306 g/mol. The van der Waals surface area contributed by atoms with Crippen LogP contribution in [0.4, 0.5) is 11.4 Å². The van der Waals surface area contributed by atoms with Crippen LogP contribution in [0.25, 0.3) is 0 Å². The zero-order chi connectivity index (χ0) is 16.7. The zero-order valence-electron chi connectivity index (χ0n) is 13.1. The van der Waals surface area contributed by atoms with E-state index in [9.17, 15) is 4.79 Å². The van der Waals surface area contributed by atoms with Gasteiger partial charge in [-0.25, -0.2) is 0 Å². The number of amides is 1. The number of nitrogens with zero attached hydrogens (tertiary/aromatic N) is 2. The Morgan fingerprint density at radius 1 is 1.29 bits per heavy atom. The highest BCUT2D eigenvalue weighted by Crippen LogP contribution is 2.43. The van der Waals surface area contributed by atoms with Crippen LogP contribution < -0.4 is 19.7 Å². The lowest BCUT2D eigenvalue weighted by Gasteiger charge is -2.34. The predicted molar refractivity (Wildman–Crippen MR) is 88.0 cm³/mol. The summed E-state index contributed by atoms with van der Waals surface area (Å²) >= 11 is 0. The molecule has 2 aliphatic heterocycles. The Hall–Kier alpha value is -3.20. The molecule has 2 heterocycles. The summed E-state index contributed by atoms with van der Waals surface area (Å²) in [6, 6.07) is 12.8. The molecule has 120 valence electrons. The van der Waals surface area contributed by atoms with Gasteiger partial charge in [0.2, 0.25) is 12.7 Å². The maximum Gasteiger partial charge on any atom is 0.249 e. The van der Waals surface area contributed by atoms with Gasteiger partial charge in [0.1, 0.15) is 6.04 Å². The first-order valence-corrected chi connectivity index (χ1v) is 7.66. The Labute approximate surface area is 139 Å². The van der Waals surface area contributed by atoms with E-state index in [0.717, 1.165) is 16.9 Å². The number of benzene rings is 2. The number of fused-ring (bicyclic) bond motifs is 2. The second-order valence-corrected chi connectivity index (χ2v) is 5.83. The second-order valence-electron chi connectivity index (χ2n) is 5.83. The van der Waals surface area contributed by atoms with E-state index in [2.05, 4.69) is 11.4 Å². The van der Waals surface area contributed by atoms with Gasteiger partial charge in [-0.2, -0.15) is 5.26 Å².